The number of carbonyl (C=O) groups excluding carboxylic acids is 1. The zero-order chi connectivity index (χ0) is 13.7. The number of halogens is 1. The van der Waals surface area contributed by atoms with E-state index < -0.39 is 12.6 Å². The average Bonchev–Trinajstić information content (AvgIpc) is 2.39. The van der Waals surface area contributed by atoms with Crippen molar-refractivity contribution >= 4 is 17.6 Å². The number of hydrogen-bond acceptors (Lipinski definition) is 3. The van der Waals surface area contributed by atoms with Crippen molar-refractivity contribution in [1.82, 2.24) is 0 Å². The van der Waals surface area contributed by atoms with Gasteiger partial charge in [-0.1, -0.05) is 41.9 Å². The fraction of sp³-hybridized carbons (Fsp3) is 0.133. The third kappa shape index (κ3) is 4.00. The van der Waals surface area contributed by atoms with Gasteiger partial charge in [-0.05, 0) is 29.3 Å². The van der Waals surface area contributed by atoms with Gasteiger partial charge in [0.2, 0.25) is 0 Å². The van der Waals surface area contributed by atoms with Gasteiger partial charge in [0, 0.05) is 11.4 Å². The lowest BCUT2D eigenvalue weighted by molar-refractivity contribution is -0.307. The van der Waals surface area contributed by atoms with E-state index in [0.29, 0.717) is 17.2 Å². The fourth-order valence-electron chi connectivity index (χ4n) is 1.78. The van der Waals surface area contributed by atoms with Gasteiger partial charge in [-0.3, -0.25) is 0 Å². The Morgan fingerprint density at radius 3 is 2.58 bits per heavy atom. The van der Waals surface area contributed by atoms with E-state index in [-0.39, 0.29) is 0 Å². The van der Waals surface area contributed by atoms with E-state index in [0.717, 1.165) is 11.1 Å². The van der Waals surface area contributed by atoms with Crippen LogP contribution in [0.1, 0.15) is 11.1 Å². The van der Waals surface area contributed by atoms with Gasteiger partial charge in [0.15, 0.2) is 0 Å². The molecule has 0 radical (unpaired) electrons. The summed E-state index contributed by atoms with van der Waals surface area (Å²) in [6, 6.07) is 14.9. The summed E-state index contributed by atoms with van der Waals surface area (Å²) in [7, 11) is 0. The first-order valence-corrected chi connectivity index (χ1v) is 6.18. The molecule has 0 saturated heterocycles. The second-order valence-corrected chi connectivity index (χ2v) is 4.51. The summed E-state index contributed by atoms with van der Waals surface area (Å²) in [6.07, 6.45) is 0.629. The normalized spacial score (nSPS) is 10.2. The molecule has 0 heterocycles. The first kappa shape index (κ1) is 13.4. The van der Waals surface area contributed by atoms with Gasteiger partial charge < -0.3 is 14.6 Å². The lowest BCUT2D eigenvalue weighted by atomic mass is 10.0. The van der Waals surface area contributed by atoms with E-state index in [1.54, 1.807) is 18.2 Å². The molecule has 2 aromatic rings. The Bertz CT molecular complexity index is 567. The Morgan fingerprint density at radius 1 is 1.16 bits per heavy atom. The standard InChI is InChI=1S/C15H13ClO3/c16-13-6-7-14(19-10-15(17)18)12(9-13)8-11-4-2-1-3-5-11/h1-7,9H,8,10H2,(H,17,18)/p-1. The number of carboxylic acid groups (broad SMARTS) is 1. The molecule has 0 fully saturated rings. The maximum atomic E-state index is 10.4. The molecular formula is C15H12ClO3-. The average molecular weight is 276 g/mol. The van der Waals surface area contributed by atoms with Crippen LogP contribution in [0, 0.1) is 0 Å². The van der Waals surface area contributed by atoms with E-state index in [1.165, 1.54) is 0 Å². The minimum Gasteiger partial charge on any atom is -0.546 e. The van der Waals surface area contributed by atoms with E-state index in [2.05, 4.69) is 0 Å². The zero-order valence-corrected chi connectivity index (χ0v) is 10.9. The second kappa shape index (κ2) is 6.25. The van der Waals surface area contributed by atoms with Crippen molar-refractivity contribution in [1.29, 1.82) is 0 Å². The van der Waals surface area contributed by atoms with E-state index in [9.17, 15) is 9.90 Å². The third-order valence-electron chi connectivity index (χ3n) is 2.61. The number of aliphatic carboxylic acids is 1. The number of benzene rings is 2. The van der Waals surface area contributed by atoms with Crippen LogP contribution in [0.4, 0.5) is 0 Å². The SMILES string of the molecule is O=C([O-])COc1ccc(Cl)cc1Cc1ccccc1. The van der Waals surface area contributed by atoms with E-state index in [4.69, 9.17) is 16.3 Å². The molecule has 0 aliphatic heterocycles. The van der Waals surface area contributed by atoms with Crippen molar-refractivity contribution in [3.63, 3.8) is 0 Å². The largest absolute Gasteiger partial charge is 0.546 e. The van der Waals surface area contributed by atoms with Crippen LogP contribution in [0.5, 0.6) is 5.75 Å². The molecule has 0 bridgehead atoms. The van der Waals surface area contributed by atoms with Crippen LogP contribution in [0.2, 0.25) is 5.02 Å². The first-order valence-electron chi connectivity index (χ1n) is 5.80. The summed E-state index contributed by atoms with van der Waals surface area (Å²) >= 11 is 5.96. The molecule has 2 rings (SSSR count). The number of ether oxygens (including phenoxy) is 1. The predicted molar refractivity (Wildman–Crippen MR) is 71.2 cm³/mol. The van der Waals surface area contributed by atoms with Crippen LogP contribution in [-0.4, -0.2) is 12.6 Å². The number of hydrogen-bond donors (Lipinski definition) is 0. The molecule has 4 heteroatoms. The smallest absolute Gasteiger partial charge is 0.128 e. The molecule has 0 N–H and O–H groups in total. The number of carboxylic acids is 1. The van der Waals surface area contributed by atoms with Gasteiger partial charge in [-0.25, -0.2) is 0 Å². The number of carbonyl (C=O) groups is 1. The van der Waals surface area contributed by atoms with Gasteiger partial charge in [-0.15, -0.1) is 0 Å². The van der Waals surface area contributed by atoms with Crippen molar-refractivity contribution in [2.75, 3.05) is 6.61 Å². The molecule has 0 unspecified atom stereocenters. The Morgan fingerprint density at radius 2 is 1.89 bits per heavy atom. The van der Waals surface area contributed by atoms with Crippen molar-refractivity contribution in [2.24, 2.45) is 0 Å². The minimum atomic E-state index is -1.25. The predicted octanol–water partition coefficient (Wildman–Crippen LogP) is 2.06. The Hall–Kier alpha value is -2.00. The lowest BCUT2D eigenvalue weighted by Gasteiger charge is -2.12. The maximum Gasteiger partial charge on any atom is 0.128 e. The van der Waals surface area contributed by atoms with E-state index >= 15 is 0 Å². The van der Waals surface area contributed by atoms with Gasteiger partial charge >= 0.3 is 0 Å². The molecule has 98 valence electrons. The maximum absolute atomic E-state index is 10.4. The molecule has 0 aromatic heterocycles. The van der Waals surface area contributed by atoms with Crippen LogP contribution < -0.4 is 9.84 Å². The highest BCUT2D eigenvalue weighted by atomic mass is 35.5. The minimum absolute atomic E-state index is 0.469. The molecule has 0 amide bonds. The van der Waals surface area contributed by atoms with Gasteiger partial charge in [-0.2, -0.15) is 0 Å². The zero-order valence-electron chi connectivity index (χ0n) is 10.1. The molecule has 0 spiro atoms. The summed E-state index contributed by atoms with van der Waals surface area (Å²) in [5.41, 5.74) is 1.95. The van der Waals surface area contributed by atoms with E-state index in [1.807, 2.05) is 30.3 Å². The summed E-state index contributed by atoms with van der Waals surface area (Å²) in [4.78, 5) is 10.4. The molecule has 0 atom stereocenters. The molecule has 19 heavy (non-hydrogen) atoms. The second-order valence-electron chi connectivity index (χ2n) is 4.08. The molecule has 2 aromatic carbocycles. The van der Waals surface area contributed by atoms with Crippen LogP contribution >= 0.6 is 11.6 Å². The molecule has 0 saturated carbocycles. The van der Waals surface area contributed by atoms with Crippen molar-refractivity contribution in [3.8, 4) is 5.75 Å². The van der Waals surface area contributed by atoms with Gasteiger partial charge in [0.1, 0.15) is 12.4 Å². The Kier molecular flexibility index (Phi) is 4.42. The Labute approximate surface area is 116 Å². The van der Waals surface area contributed by atoms with Gasteiger partial charge in [0.25, 0.3) is 0 Å². The molecule has 3 nitrogen and oxygen atoms in total. The van der Waals surface area contributed by atoms with Crippen molar-refractivity contribution < 1.29 is 14.6 Å². The summed E-state index contributed by atoms with van der Waals surface area (Å²) < 4.78 is 5.21. The highest BCUT2D eigenvalue weighted by Crippen LogP contribution is 2.25. The molecule has 0 aliphatic rings. The molecular weight excluding hydrogens is 264 g/mol. The van der Waals surface area contributed by atoms with Crippen LogP contribution in [0.15, 0.2) is 48.5 Å². The Balaban J connectivity index is 2.22. The summed E-state index contributed by atoms with van der Waals surface area (Å²) in [6.45, 7) is -0.469. The van der Waals surface area contributed by atoms with Crippen LogP contribution in [0.3, 0.4) is 0 Å². The summed E-state index contributed by atoms with van der Waals surface area (Å²) in [5, 5.41) is 11.0. The first-order chi connectivity index (χ1) is 9.15. The van der Waals surface area contributed by atoms with Crippen molar-refractivity contribution in [2.45, 2.75) is 6.42 Å². The van der Waals surface area contributed by atoms with Crippen molar-refractivity contribution in [3.05, 3.63) is 64.7 Å². The highest BCUT2D eigenvalue weighted by Gasteiger charge is 2.06. The van der Waals surface area contributed by atoms with Crippen LogP contribution in [-0.2, 0) is 11.2 Å². The van der Waals surface area contributed by atoms with Crippen LogP contribution in [0.25, 0.3) is 0 Å². The topological polar surface area (TPSA) is 49.4 Å². The monoisotopic (exact) mass is 275 g/mol. The quantitative estimate of drug-likeness (QED) is 0.839. The highest BCUT2D eigenvalue weighted by molar-refractivity contribution is 6.30. The third-order valence-corrected chi connectivity index (χ3v) is 2.84. The lowest BCUT2D eigenvalue weighted by Crippen LogP contribution is -2.29. The van der Waals surface area contributed by atoms with Gasteiger partial charge in [0.05, 0.1) is 5.97 Å². The number of rotatable bonds is 5. The molecule has 0 aliphatic carbocycles. The summed E-state index contributed by atoms with van der Waals surface area (Å²) in [5.74, 6) is -0.738. The fourth-order valence-corrected chi connectivity index (χ4v) is 1.97.